The number of fused-ring (bicyclic) bond motifs is 2. The van der Waals surface area contributed by atoms with Crippen molar-refractivity contribution in [3.05, 3.63) is 46.7 Å². The van der Waals surface area contributed by atoms with Gasteiger partial charge in [-0.05, 0) is 41.6 Å². The van der Waals surface area contributed by atoms with E-state index in [0.717, 1.165) is 15.8 Å². The molecule has 2 aromatic heterocycles. The number of nitrogens with one attached hydrogen (secondary N) is 3. The molecule has 7 heteroatoms. The Bertz CT molecular complexity index is 916. The third kappa shape index (κ3) is 2.49. The maximum absolute atomic E-state index is 14.2. The highest BCUT2D eigenvalue weighted by Gasteiger charge is 2.19. The molecule has 0 aliphatic carbocycles. The number of rotatable bonds is 2. The molecule has 1 aromatic carbocycles. The van der Waals surface area contributed by atoms with Gasteiger partial charge in [-0.25, -0.2) is 4.39 Å². The molecule has 0 unspecified atom stereocenters. The van der Waals surface area contributed by atoms with Crippen LogP contribution in [0.25, 0.3) is 10.2 Å². The molecular weight excluding hydrogens is 317 g/mol. The van der Waals surface area contributed by atoms with E-state index in [0.29, 0.717) is 24.2 Å². The standard InChI is InChI=1S/C16H12FN3O2S/c17-9-6-11-8(1-2-15(21)19-11)5-12(9)20-16(22)13-7-14-10(18-13)3-4-23-14/h3-7,18H,1-2H2,(H,19,21)(H,20,22). The predicted octanol–water partition coefficient (Wildman–Crippen LogP) is 3.51. The zero-order valence-electron chi connectivity index (χ0n) is 11.9. The van der Waals surface area contributed by atoms with Gasteiger partial charge in [0.25, 0.3) is 5.91 Å². The number of hydrogen-bond donors (Lipinski definition) is 3. The Labute approximate surface area is 134 Å². The van der Waals surface area contributed by atoms with E-state index in [1.165, 1.54) is 17.4 Å². The van der Waals surface area contributed by atoms with Crippen molar-refractivity contribution < 1.29 is 14.0 Å². The van der Waals surface area contributed by atoms with Gasteiger partial charge in [-0.1, -0.05) is 0 Å². The van der Waals surface area contributed by atoms with Crippen LogP contribution in [-0.4, -0.2) is 16.8 Å². The number of hydrogen-bond acceptors (Lipinski definition) is 3. The third-order valence-electron chi connectivity index (χ3n) is 3.82. The van der Waals surface area contributed by atoms with Crippen molar-refractivity contribution in [3.63, 3.8) is 0 Å². The quantitative estimate of drug-likeness (QED) is 0.673. The van der Waals surface area contributed by atoms with Gasteiger partial charge in [0.05, 0.1) is 15.9 Å². The fourth-order valence-electron chi connectivity index (χ4n) is 2.66. The number of halogens is 1. The SMILES string of the molecule is O=C1CCc2cc(NC(=O)c3cc4sccc4[nH]3)c(F)cc2N1. The van der Waals surface area contributed by atoms with E-state index in [4.69, 9.17) is 0 Å². The molecule has 3 heterocycles. The number of amides is 2. The summed E-state index contributed by atoms with van der Waals surface area (Å²) in [4.78, 5) is 26.6. The van der Waals surface area contributed by atoms with Gasteiger partial charge in [0.1, 0.15) is 11.5 Å². The number of thiophene rings is 1. The van der Waals surface area contributed by atoms with Crippen molar-refractivity contribution >= 4 is 44.7 Å². The second kappa shape index (κ2) is 5.20. The summed E-state index contributed by atoms with van der Waals surface area (Å²) in [6.07, 6.45) is 0.890. The van der Waals surface area contributed by atoms with Crippen LogP contribution in [0, 0.1) is 5.82 Å². The normalized spacial score (nSPS) is 13.7. The molecule has 0 fully saturated rings. The summed E-state index contributed by atoms with van der Waals surface area (Å²) in [6, 6.07) is 6.45. The van der Waals surface area contributed by atoms with E-state index >= 15 is 0 Å². The molecular formula is C16H12FN3O2S. The highest BCUT2D eigenvalue weighted by Crippen LogP contribution is 2.29. The second-order valence-corrected chi connectivity index (χ2v) is 6.32. The summed E-state index contributed by atoms with van der Waals surface area (Å²) in [6.45, 7) is 0. The molecule has 0 saturated heterocycles. The second-order valence-electron chi connectivity index (χ2n) is 5.37. The Morgan fingerprint density at radius 2 is 2.13 bits per heavy atom. The average Bonchev–Trinajstić information content (AvgIpc) is 3.09. The number of H-pyrrole nitrogens is 1. The van der Waals surface area contributed by atoms with Gasteiger partial charge in [-0.15, -0.1) is 11.3 Å². The van der Waals surface area contributed by atoms with Crippen LogP contribution in [0.1, 0.15) is 22.5 Å². The molecule has 0 saturated carbocycles. The number of aromatic amines is 1. The van der Waals surface area contributed by atoms with Gasteiger partial charge >= 0.3 is 0 Å². The first-order valence-corrected chi connectivity index (χ1v) is 7.98. The molecule has 0 atom stereocenters. The minimum absolute atomic E-state index is 0.114. The number of benzene rings is 1. The maximum Gasteiger partial charge on any atom is 0.272 e. The molecule has 23 heavy (non-hydrogen) atoms. The van der Waals surface area contributed by atoms with Crippen molar-refractivity contribution in [2.45, 2.75) is 12.8 Å². The fourth-order valence-corrected chi connectivity index (χ4v) is 3.44. The van der Waals surface area contributed by atoms with Crippen molar-refractivity contribution in [2.75, 3.05) is 10.6 Å². The number of aryl methyl sites for hydroxylation is 1. The molecule has 0 spiro atoms. The average molecular weight is 329 g/mol. The van der Waals surface area contributed by atoms with Gasteiger partial charge in [-0.3, -0.25) is 9.59 Å². The zero-order chi connectivity index (χ0) is 16.0. The van der Waals surface area contributed by atoms with E-state index in [-0.39, 0.29) is 11.6 Å². The van der Waals surface area contributed by atoms with E-state index in [9.17, 15) is 14.0 Å². The van der Waals surface area contributed by atoms with Crippen LogP contribution in [0.3, 0.4) is 0 Å². The van der Waals surface area contributed by atoms with Crippen molar-refractivity contribution in [3.8, 4) is 0 Å². The molecule has 0 bridgehead atoms. The predicted molar refractivity (Wildman–Crippen MR) is 87.5 cm³/mol. The fraction of sp³-hybridized carbons (Fsp3) is 0.125. The van der Waals surface area contributed by atoms with Crippen LogP contribution in [0.2, 0.25) is 0 Å². The minimum atomic E-state index is -0.576. The third-order valence-corrected chi connectivity index (χ3v) is 4.69. The Balaban J connectivity index is 1.62. The van der Waals surface area contributed by atoms with Gasteiger partial charge in [-0.2, -0.15) is 0 Å². The van der Waals surface area contributed by atoms with E-state index in [1.54, 1.807) is 12.1 Å². The lowest BCUT2D eigenvalue weighted by Gasteiger charge is -2.18. The van der Waals surface area contributed by atoms with Gasteiger partial charge in [0.15, 0.2) is 0 Å². The highest BCUT2D eigenvalue weighted by atomic mass is 32.1. The lowest BCUT2D eigenvalue weighted by atomic mass is 10.0. The number of carbonyl (C=O) groups excluding carboxylic acids is 2. The topological polar surface area (TPSA) is 74.0 Å². The molecule has 3 aromatic rings. The van der Waals surface area contributed by atoms with Crippen LogP contribution in [0.4, 0.5) is 15.8 Å². The van der Waals surface area contributed by atoms with Crippen molar-refractivity contribution in [1.82, 2.24) is 4.98 Å². The number of carbonyl (C=O) groups is 2. The molecule has 5 nitrogen and oxygen atoms in total. The summed E-state index contributed by atoms with van der Waals surface area (Å²) in [5.74, 6) is -1.10. The molecule has 2 amide bonds. The first-order valence-electron chi connectivity index (χ1n) is 7.10. The molecule has 1 aliphatic rings. The Morgan fingerprint density at radius 3 is 2.96 bits per heavy atom. The molecule has 4 rings (SSSR count). The smallest absolute Gasteiger partial charge is 0.272 e. The van der Waals surface area contributed by atoms with Crippen LogP contribution in [0.15, 0.2) is 29.6 Å². The summed E-state index contributed by atoms with van der Waals surface area (Å²) in [5, 5.41) is 7.15. The van der Waals surface area contributed by atoms with E-state index < -0.39 is 11.7 Å². The van der Waals surface area contributed by atoms with Crippen LogP contribution in [-0.2, 0) is 11.2 Å². The van der Waals surface area contributed by atoms with E-state index in [2.05, 4.69) is 15.6 Å². The highest BCUT2D eigenvalue weighted by molar-refractivity contribution is 7.17. The lowest BCUT2D eigenvalue weighted by Crippen LogP contribution is -2.20. The maximum atomic E-state index is 14.2. The van der Waals surface area contributed by atoms with Crippen LogP contribution >= 0.6 is 11.3 Å². The molecule has 1 aliphatic heterocycles. The van der Waals surface area contributed by atoms with Gasteiger partial charge in [0.2, 0.25) is 5.91 Å². The summed E-state index contributed by atoms with van der Waals surface area (Å²) in [7, 11) is 0. The summed E-state index contributed by atoms with van der Waals surface area (Å²) in [5.41, 5.74) is 2.67. The van der Waals surface area contributed by atoms with Gasteiger partial charge in [0, 0.05) is 12.1 Å². The van der Waals surface area contributed by atoms with Crippen molar-refractivity contribution in [2.24, 2.45) is 0 Å². The van der Waals surface area contributed by atoms with Crippen molar-refractivity contribution in [1.29, 1.82) is 0 Å². The van der Waals surface area contributed by atoms with Gasteiger partial charge < -0.3 is 15.6 Å². The Hall–Kier alpha value is -2.67. The Morgan fingerprint density at radius 1 is 1.26 bits per heavy atom. The summed E-state index contributed by atoms with van der Waals surface area (Å²) < 4.78 is 15.1. The van der Waals surface area contributed by atoms with E-state index in [1.807, 2.05) is 11.4 Å². The number of anilines is 2. The first kappa shape index (κ1) is 14.0. The monoisotopic (exact) mass is 329 g/mol. The van der Waals surface area contributed by atoms with Crippen LogP contribution in [0.5, 0.6) is 0 Å². The molecule has 3 N–H and O–H groups in total. The lowest BCUT2D eigenvalue weighted by molar-refractivity contribution is -0.116. The Kier molecular flexibility index (Phi) is 3.16. The molecule has 116 valence electrons. The minimum Gasteiger partial charge on any atom is -0.350 e. The largest absolute Gasteiger partial charge is 0.350 e. The zero-order valence-corrected chi connectivity index (χ0v) is 12.7. The van der Waals surface area contributed by atoms with Crippen LogP contribution < -0.4 is 10.6 Å². The summed E-state index contributed by atoms with van der Waals surface area (Å²) >= 11 is 1.53. The first-order chi connectivity index (χ1) is 11.1. The molecule has 0 radical (unpaired) electrons. The number of aromatic nitrogens is 1.